The fourth-order valence-electron chi connectivity index (χ4n) is 1.08. The molecule has 0 aromatic carbocycles. The Balaban J connectivity index is 2.53. The summed E-state index contributed by atoms with van der Waals surface area (Å²) in [5, 5.41) is 29.5. The number of aliphatic hydroxyl groups is 3. The van der Waals surface area contributed by atoms with E-state index < -0.39 is 31.1 Å². The van der Waals surface area contributed by atoms with Crippen LogP contribution in [-0.4, -0.2) is 47.6 Å². The van der Waals surface area contributed by atoms with Crippen molar-refractivity contribution in [2.45, 2.75) is 0 Å². The lowest BCUT2D eigenvalue weighted by atomic mass is 9.91. The van der Waals surface area contributed by atoms with E-state index in [2.05, 4.69) is 5.32 Å². The molecule has 0 atom stereocenters. The van der Waals surface area contributed by atoms with E-state index in [1.807, 2.05) is 0 Å². The Labute approximate surface area is 92.5 Å². The summed E-state index contributed by atoms with van der Waals surface area (Å²) in [4.78, 5) is 11.5. The molecule has 0 saturated heterocycles. The number of amides is 1. The highest BCUT2D eigenvalue weighted by Gasteiger charge is 2.29. The second-order valence-corrected chi connectivity index (χ2v) is 3.63. The number of carbonyl (C=O) groups excluding carboxylic acids is 1. The Morgan fingerprint density at radius 1 is 1.31 bits per heavy atom. The van der Waals surface area contributed by atoms with Gasteiger partial charge in [-0.05, 0) is 12.1 Å². The number of aliphatic hydroxyl groups excluding tert-OH is 3. The Hall–Kier alpha value is -1.37. The molecule has 0 aliphatic heterocycles. The van der Waals surface area contributed by atoms with Crippen molar-refractivity contribution in [2.24, 2.45) is 5.41 Å². The first-order valence-corrected chi connectivity index (χ1v) is 4.82. The normalized spacial score (nSPS) is 11.4. The van der Waals surface area contributed by atoms with Crippen molar-refractivity contribution < 1.29 is 24.5 Å². The zero-order chi connectivity index (χ0) is 12.0. The maximum atomic E-state index is 11.5. The van der Waals surface area contributed by atoms with Crippen LogP contribution in [0.25, 0.3) is 0 Å². The molecule has 0 fully saturated rings. The van der Waals surface area contributed by atoms with Gasteiger partial charge in [0.2, 0.25) is 0 Å². The summed E-state index contributed by atoms with van der Waals surface area (Å²) in [6.45, 7) is -1.29. The molecule has 6 nitrogen and oxygen atoms in total. The molecule has 1 amide bonds. The topological polar surface area (TPSA) is 103 Å². The van der Waals surface area contributed by atoms with Gasteiger partial charge in [0, 0.05) is 6.54 Å². The molecule has 0 unspecified atom stereocenters. The molecule has 16 heavy (non-hydrogen) atoms. The van der Waals surface area contributed by atoms with E-state index in [0.717, 1.165) is 0 Å². The quantitative estimate of drug-likeness (QED) is 0.499. The lowest BCUT2D eigenvalue weighted by molar-refractivity contribution is 0.00680. The first kappa shape index (κ1) is 12.7. The minimum Gasteiger partial charge on any atom is -0.459 e. The number of hydrogen-bond donors (Lipinski definition) is 4. The van der Waals surface area contributed by atoms with E-state index in [-0.39, 0.29) is 12.3 Å². The number of furan rings is 1. The lowest BCUT2D eigenvalue weighted by Crippen LogP contribution is -2.45. The van der Waals surface area contributed by atoms with Crippen LogP contribution in [-0.2, 0) is 0 Å². The van der Waals surface area contributed by atoms with Crippen molar-refractivity contribution in [1.29, 1.82) is 0 Å². The van der Waals surface area contributed by atoms with Gasteiger partial charge < -0.3 is 25.1 Å². The molecule has 6 heteroatoms. The van der Waals surface area contributed by atoms with Crippen molar-refractivity contribution in [3.05, 3.63) is 24.2 Å². The number of hydrogen-bond acceptors (Lipinski definition) is 5. The summed E-state index contributed by atoms with van der Waals surface area (Å²) in [6, 6.07) is 3.07. The molecule has 0 saturated carbocycles. The Kier molecular flexibility index (Phi) is 4.48. The van der Waals surface area contributed by atoms with E-state index >= 15 is 0 Å². The number of carbonyl (C=O) groups is 1. The van der Waals surface area contributed by atoms with Crippen LogP contribution in [0, 0.1) is 5.41 Å². The summed E-state index contributed by atoms with van der Waals surface area (Å²) in [5.41, 5.74) is -1.11. The van der Waals surface area contributed by atoms with E-state index in [1.54, 1.807) is 6.07 Å². The first-order valence-electron chi connectivity index (χ1n) is 4.82. The smallest absolute Gasteiger partial charge is 0.287 e. The molecule has 1 aromatic heterocycles. The van der Waals surface area contributed by atoms with Gasteiger partial charge in [-0.2, -0.15) is 0 Å². The highest BCUT2D eigenvalue weighted by atomic mass is 16.3. The zero-order valence-electron chi connectivity index (χ0n) is 8.72. The monoisotopic (exact) mass is 229 g/mol. The second kappa shape index (κ2) is 5.64. The lowest BCUT2D eigenvalue weighted by Gasteiger charge is -2.27. The molecule has 90 valence electrons. The van der Waals surface area contributed by atoms with Crippen LogP contribution in [0.1, 0.15) is 10.6 Å². The van der Waals surface area contributed by atoms with Crippen molar-refractivity contribution in [3.8, 4) is 0 Å². The van der Waals surface area contributed by atoms with Gasteiger partial charge in [-0.15, -0.1) is 0 Å². The molecular formula is C10H15NO5. The third kappa shape index (κ3) is 2.82. The molecule has 4 N–H and O–H groups in total. The van der Waals surface area contributed by atoms with Crippen molar-refractivity contribution in [2.75, 3.05) is 26.4 Å². The standard InChI is InChI=1S/C10H15NO5/c12-5-10(6-13,7-14)4-11-9(15)8-2-1-3-16-8/h1-3,12-14H,4-7H2,(H,11,15). The molecule has 0 spiro atoms. The van der Waals surface area contributed by atoms with Crippen LogP contribution < -0.4 is 5.32 Å². The SMILES string of the molecule is O=C(NCC(CO)(CO)CO)c1ccco1. The molecule has 1 heterocycles. The third-order valence-electron chi connectivity index (χ3n) is 2.38. The van der Waals surface area contributed by atoms with Crippen molar-refractivity contribution in [3.63, 3.8) is 0 Å². The first-order chi connectivity index (χ1) is 7.67. The van der Waals surface area contributed by atoms with Gasteiger partial charge in [0.15, 0.2) is 5.76 Å². The zero-order valence-corrected chi connectivity index (χ0v) is 8.72. The maximum Gasteiger partial charge on any atom is 0.287 e. The van der Waals surface area contributed by atoms with Crippen LogP contribution in [0.5, 0.6) is 0 Å². The van der Waals surface area contributed by atoms with E-state index in [9.17, 15) is 4.79 Å². The van der Waals surface area contributed by atoms with Gasteiger partial charge in [-0.25, -0.2) is 0 Å². The fraction of sp³-hybridized carbons (Fsp3) is 0.500. The molecule has 0 radical (unpaired) electrons. The average Bonchev–Trinajstić information content (AvgIpc) is 2.85. The average molecular weight is 229 g/mol. The molecule has 1 rings (SSSR count). The van der Waals surface area contributed by atoms with E-state index in [1.165, 1.54) is 12.3 Å². The van der Waals surface area contributed by atoms with Crippen LogP contribution in [0.4, 0.5) is 0 Å². The number of rotatable bonds is 6. The predicted molar refractivity (Wildman–Crippen MR) is 54.7 cm³/mol. The Morgan fingerprint density at radius 3 is 2.38 bits per heavy atom. The van der Waals surface area contributed by atoms with Gasteiger partial charge in [0.1, 0.15) is 0 Å². The Bertz CT molecular complexity index is 310. The number of nitrogens with one attached hydrogen (secondary N) is 1. The minimum absolute atomic E-state index is 0.0317. The predicted octanol–water partition coefficient (Wildman–Crippen LogP) is -1.03. The highest BCUT2D eigenvalue weighted by Crippen LogP contribution is 2.13. The summed E-state index contributed by atoms with van der Waals surface area (Å²) in [5.74, 6) is -0.313. The summed E-state index contributed by atoms with van der Waals surface area (Å²) in [6.07, 6.45) is 1.37. The molecular weight excluding hydrogens is 214 g/mol. The largest absolute Gasteiger partial charge is 0.459 e. The van der Waals surface area contributed by atoms with Gasteiger partial charge >= 0.3 is 0 Å². The van der Waals surface area contributed by atoms with Crippen molar-refractivity contribution in [1.82, 2.24) is 5.32 Å². The van der Waals surface area contributed by atoms with Gasteiger partial charge in [-0.1, -0.05) is 0 Å². The minimum atomic E-state index is -1.11. The maximum absolute atomic E-state index is 11.5. The van der Waals surface area contributed by atoms with E-state index in [0.29, 0.717) is 0 Å². The molecule has 0 bridgehead atoms. The van der Waals surface area contributed by atoms with E-state index in [4.69, 9.17) is 19.7 Å². The Morgan fingerprint density at radius 2 is 1.94 bits per heavy atom. The summed E-state index contributed by atoms with van der Waals surface area (Å²) < 4.78 is 4.86. The van der Waals surface area contributed by atoms with Crippen LogP contribution in [0.2, 0.25) is 0 Å². The summed E-state index contributed by atoms with van der Waals surface area (Å²) >= 11 is 0. The second-order valence-electron chi connectivity index (χ2n) is 3.63. The highest BCUT2D eigenvalue weighted by molar-refractivity contribution is 5.91. The summed E-state index contributed by atoms with van der Waals surface area (Å²) in [7, 11) is 0. The molecule has 1 aromatic rings. The van der Waals surface area contributed by atoms with Crippen LogP contribution >= 0.6 is 0 Å². The fourth-order valence-corrected chi connectivity index (χ4v) is 1.08. The molecule has 0 aliphatic rings. The van der Waals surface area contributed by atoms with Gasteiger partial charge in [0.25, 0.3) is 5.91 Å². The van der Waals surface area contributed by atoms with Gasteiger partial charge in [-0.3, -0.25) is 4.79 Å². The van der Waals surface area contributed by atoms with Crippen molar-refractivity contribution >= 4 is 5.91 Å². The third-order valence-corrected chi connectivity index (χ3v) is 2.38. The molecule has 0 aliphatic carbocycles. The van der Waals surface area contributed by atoms with Crippen LogP contribution in [0.15, 0.2) is 22.8 Å². The van der Waals surface area contributed by atoms with Crippen LogP contribution in [0.3, 0.4) is 0 Å². The van der Waals surface area contributed by atoms with Gasteiger partial charge in [0.05, 0.1) is 31.5 Å².